The van der Waals surface area contributed by atoms with E-state index in [2.05, 4.69) is 64.7 Å². The molecule has 2 aliphatic rings. The lowest BCUT2D eigenvalue weighted by Crippen LogP contribution is -2.46. The van der Waals surface area contributed by atoms with Gasteiger partial charge in [-0.3, -0.25) is 4.99 Å². The fourth-order valence-corrected chi connectivity index (χ4v) is 4.32. The summed E-state index contributed by atoms with van der Waals surface area (Å²) in [4.78, 5) is 7.14. The molecule has 152 valence electrons. The molecule has 0 spiro atoms. The number of halogens is 1. The van der Waals surface area contributed by atoms with Gasteiger partial charge in [0, 0.05) is 38.1 Å². The summed E-state index contributed by atoms with van der Waals surface area (Å²) >= 11 is 0. The Morgan fingerprint density at radius 1 is 1.11 bits per heavy atom. The van der Waals surface area contributed by atoms with Crippen LogP contribution >= 0.6 is 24.0 Å². The minimum atomic E-state index is 0. The molecule has 27 heavy (non-hydrogen) atoms. The Morgan fingerprint density at radius 2 is 1.81 bits per heavy atom. The van der Waals surface area contributed by atoms with Crippen molar-refractivity contribution in [3.05, 3.63) is 35.9 Å². The first-order chi connectivity index (χ1) is 12.7. The summed E-state index contributed by atoms with van der Waals surface area (Å²) in [6.07, 6.45) is 6.39. The Kier molecular flexibility index (Phi) is 8.86. The van der Waals surface area contributed by atoms with Crippen molar-refractivity contribution in [3.8, 4) is 0 Å². The third-order valence-electron chi connectivity index (χ3n) is 6.50. The van der Waals surface area contributed by atoms with E-state index < -0.39 is 0 Å². The average molecular weight is 484 g/mol. The second kappa shape index (κ2) is 10.6. The lowest BCUT2D eigenvalue weighted by atomic mass is 9.76. The van der Waals surface area contributed by atoms with Crippen LogP contribution in [0, 0.1) is 5.92 Å². The molecular weight excluding hydrogens is 447 g/mol. The molecule has 0 amide bonds. The zero-order valence-corrected chi connectivity index (χ0v) is 19.5. The normalized spacial score (nSPS) is 21.0. The molecule has 1 aliphatic heterocycles. The van der Waals surface area contributed by atoms with Gasteiger partial charge < -0.3 is 15.5 Å². The smallest absolute Gasteiger partial charge is 0.191 e. The second-order valence-electron chi connectivity index (χ2n) is 8.04. The summed E-state index contributed by atoms with van der Waals surface area (Å²) < 4.78 is 0. The van der Waals surface area contributed by atoms with Crippen LogP contribution in [0.2, 0.25) is 0 Å². The summed E-state index contributed by atoms with van der Waals surface area (Å²) in [5, 5.41) is 7.18. The number of hydrogen-bond donors (Lipinski definition) is 2. The molecule has 0 bridgehead atoms. The van der Waals surface area contributed by atoms with Crippen LogP contribution in [0.15, 0.2) is 35.3 Å². The van der Waals surface area contributed by atoms with E-state index in [0.29, 0.717) is 0 Å². The van der Waals surface area contributed by atoms with Gasteiger partial charge in [0.25, 0.3) is 0 Å². The molecule has 4 nitrogen and oxygen atoms in total. The van der Waals surface area contributed by atoms with Crippen LogP contribution in [0.1, 0.15) is 51.5 Å². The molecule has 1 atom stereocenters. The number of likely N-dealkylation sites (tertiary alicyclic amines) is 1. The molecule has 3 rings (SSSR count). The molecule has 1 saturated heterocycles. The second-order valence-corrected chi connectivity index (χ2v) is 8.04. The van der Waals surface area contributed by atoms with Gasteiger partial charge in [-0.2, -0.15) is 0 Å². The van der Waals surface area contributed by atoms with Crippen molar-refractivity contribution in [1.82, 2.24) is 15.5 Å². The Bertz CT molecular complexity index is 581. The van der Waals surface area contributed by atoms with Crippen LogP contribution in [0.3, 0.4) is 0 Å². The molecule has 1 aromatic rings. The van der Waals surface area contributed by atoms with E-state index in [1.807, 2.05) is 7.05 Å². The third-order valence-corrected chi connectivity index (χ3v) is 6.50. The maximum atomic E-state index is 4.46. The van der Waals surface area contributed by atoms with Crippen molar-refractivity contribution in [2.24, 2.45) is 10.9 Å². The summed E-state index contributed by atoms with van der Waals surface area (Å²) in [7, 11) is 1.88. The van der Waals surface area contributed by atoms with E-state index in [1.165, 1.54) is 37.9 Å². The molecule has 5 heteroatoms. The van der Waals surface area contributed by atoms with E-state index in [9.17, 15) is 0 Å². The number of aliphatic imine (C=N–C) groups is 1. The summed E-state index contributed by atoms with van der Waals surface area (Å²) in [6, 6.07) is 11.8. The topological polar surface area (TPSA) is 39.7 Å². The van der Waals surface area contributed by atoms with Gasteiger partial charge in [-0.1, -0.05) is 44.2 Å². The number of guanidine groups is 1. The fourth-order valence-electron chi connectivity index (χ4n) is 4.32. The van der Waals surface area contributed by atoms with Crippen LogP contribution in [0.4, 0.5) is 0 Å². The highest BCUT2D eigenvalue weighted by Crippen LogP contribution is 2.32. The third kappa shape index (κ3) is 5.83. The standard InChI is InChI=1S/C22H36N4.HI/c1-4-22(5-2,19-9-7-6-8-10-19)17-25-21(23-3)24-15-18-13-14-26(16-18)20-11-12-20;/h6-10,18,20H,4-5,11-17H2,1-3H3,(H2,23,24,25);1H. The largest absolute Gasteiger partial charge is 0.356 e. The molecule has 0 radical (unpaired) electrons. The molecular formula is C22H37IN4. The number of benzene rings is 1. The molecule has 1 unspecified atom stereocenters. The monoisotopic (exact) mass is 484 g/mol. The highest BCUT2D eigenvalue weighted by molar-refractivity contribution is 14.0. The highest BCUT2D eigenvalue weighted by atomic mass is 127. The van der Waals surface area contributed by atoms with Crippen LogP contribution in [0.25, 0.3) is 0 Å². The van der Waals surface area contributed by atoms with Crippen molar-refractivity contribution in [2.45, 2.75) is 57.4 Å². The maximum absolute atomic E-state index is 4.46. The van der Waals surface area contributed by atoms with Crippen molar-refractivity contribution in [1.29, 1.82) is 0 Å². The minimum absolute atomic E-state index is 0. The molecule has 1 saturated carbocycles. The Morgan fingerprint density at radius 3 is 2.41 bits per heavy atom. The van der Waals surface area contributed by atoms with Gasteiger partial charge in [0.2, 0.25) is 0 Å². The van der Waals surface area contributed by atoms with Crippen molar-refractivity contribution < 1.29 is 0 Å². The number of hydrogen-bond acceptors (Lipinski definition) is 2. The first kappa shape index (κ1) is 22.5. The van der Waals surface area contributed by atoms with Gasteiger partial charge in [-0.05, 0) is 50.1 Å². The van der Waals surface area contributed by atoms with Gasteiger partial charge in [-0.15, -0.1) is 24.0 Å². The van der Waals surface area contributed by atoms with Crippen molar-refractivity contribution in [2.75, 3.05) is 33.2 Å². The van der Waals surface area contributed by atoms with E-state index in [1.54, 1.807) is 0 Å². The highest BCUT2D eigenvalue weighted by Gasteiger charge is 2.34. The van der Waals surface area contributed by atoms with E-state index in [-0.39, 0.29) is 29.4 Å². The average Bonchev–Trinajstić information content (AvgIpc) is 3.44. The van der Waals surface area contributed by atoms with E-state index in [0.717, 1.165) is 43.9 Å². The van der Waals surface area contributed by atoms with Crippen LogP contribution in [0.5, 0.6) is 0 Å². The lowest BCUT2D eigenvalue weighted by molar-refractivity contribution is 0.314. The van der Waals surface area contributed by atoms with Crippen LogP contribution in [-0.2, 0) is 5.41 Å². The minimum Gasteiger partial charge on any atom is -0.356 e. The van der Waals surface area contributed by atoms with Crippen molar-refractivity contribution >= 4 is 29.9 Å². The number of nitrogens with one attached hydrogen (secondary N) is 2. The first-order valence-corrected chi connectivity index (χ1v) is 10.4. The predicted octanol–water partition coefficient (Wildman–Crippen LogP) is 4.01. The lowest BCUT2D eigenvalue weighted by Gasteiger charge is -2.33. The number of rotatable bonds is 8. The zero-order valence-electron chi connectivity index (χ0n) is 17.2. The molecule has 1 heterocycles. The summed E-state index contributed by atoms with van der Waals surface area (Å²) in [5.74, 6) is 1.70. The first-order valence-electron chi connectivity index (χ1n) is 10.4. The fraction of sp³-hybridized carbons (Fsp3) is 0.682. The molecule has 1 aliphatic carbocycles. The Labute approximate surface area is 182 Å². The van der Waals surface area contributed by atoms with Gasteiger partial charge in [0.15, 0.2) is 5.96 Å². The summed E-state index contributed by atoms with van der Waals surface area (Å²) in [5.41, 5.74) is 1.58. The molecule has 2 N–H and O–H groups in total. The quantitative estimate of drug-likeness (QED) is 0.333. The Hall–Kier alpha value is -0.820. The van der Waals surface area contributed by atoms with Gasteiger partial charge >= 0.3 is 0 Å². The molecule has 2 fully saturated rings. The predicted molar refractivity (Wildman–Crippen MR) is 126 cm³/mol. The van der Waals surface area contributed by atoms with Crippen molar-refractivity contribution in [3.63, 3.8) is 0 Å². The van der Waals surface area contributed by atoms with Crippen LogP contribution in [-0.4, -0.2) is 50.1 Å². The van der Waals surface area contributed by atoms with Gasteiger partial charge in [0.1, 0.15) is 0 Å². The van der Waals surface area contributed by atoms with E-state index >= 15 is 0 Å². The van der Waals surface area contributed by atoms with Gasteiger partial charge in [-0.25, -0.2) is 0 Å². The van der Waals surface area contributed by atoms with Gasteiger partial charge in [0.05, 0.1) is 0 Å². The number of nitrogens with zero attached hydrogens (tertiary/aromatic N) is 2. The zero-order chi connectivity index (χ0) is 18.4. The summed E-state index contributed by atoms with van der Waals surface area (Å²) in [6.45, 7) is 9.07. The van der Waals surface area contributed by atoms with Crippen LogP contribution < -0.4 is 10.6 Å². The Balaban J connectivity index is 0.00000261. The molecule has 1 aromatic carbocycles. The van der Waals surface area contributed by atoms with E-state index in [4.69, 9.17) is 0 Å². The SMILES string of the molecule is CCC(CC)(CNC(=NC)NCC1CCN(C2CC2)C1)c1ccccc1.I. The maximum Gasteiger partial charge on any atom is 0.191 e. The molecule has 0 aromatic heterocycles.